The van der Waals surface area contributed by atoms with E-state index in [4.69, 9.17) is 5.73 Å². The maximum atomic E-state index is 12.4. The lowest BCUT2D eigenvalue weighted by atomic mass is 10.2. The number of nitrogens with zero attached hydrogens (tertiary/aromatic N) is 2. The molecule has 0 atom stereocenters. The van der Waals surface area contributed by atoms with Gasteiger partial charge in [0.2, 0.25) is 0 Å². The van der Waals surface area contributed by atoms with Gasteiger partial charge in [0.1, 0.15) is 6.54 Å². The number of nitrogens with two attached hydrogens (primary N) is 1. The number of nitrogens with one attached hydrogen (secondary N) is 1. The summed E-state index contributed by atoms with van der Waals surface area (Å²) in [6.45, 7) is -0.454. The van der Waals surface area contributed by atoms with E-state index < -0.39 is 29.8 Å². The van der Waals surface area contributed by atoms with Crippen molar-refractivity contribution in [3.63, 3.8) is 0 Å². The summed E-state index contributed by atoms with van der Waals surface area (Å²) in [5, 5.41) is 0.949. The molecule has 0 radical (unpaired) electrons. The third-order valence-corrected chi connectivity index (χ3v) is 2.53. The lowest BCUT2D eigenvalue weighted by Gasteiger charge is -2.18. The van der Waals surface area contributed by atoms with Crippen LogP contribution < -0.4 is 16.7 Å². The highest BCUT2D eigenvalue weighted by molar-refractivity contribution is 7.80. The zero-order chi connectivity index (χ0) is 15.5. The van der Waals surface area contributed by atoms with Crippen LogP contribution in [-0.4, -0.2) is 27.6 Å². The summed E-state index contributed by atoms with van der Waals surface area (Å²) in [4.78, 5) is 23.0. The van der Waals surface area contributed by atoms with E-state index >= 15 is 0 Å². The molecule has 6 nitrogen and oxygen atoms in total. The maximum absolute atomic E-state index is 12.4. The highest BCUT2D eigenvalue weighted by Gasteiger charge is 2.30. The second-order valence-corrected chi connectivity index (χ2v) is 4.23. The average Bonchev–Trinajstić information content (AvgIpc) is 2.30. The van der Waals surface area contributed by atoms with Crippen LogP contribution in [0.1, 0.15) is 5.56 Å². The molecule has 3 N–H and O–H groups in total. The first-order valence-corrected chi connectivity index (χ1v) is 5.62. The predicted octanol–water partition coefficient (Wildman–Crippen LogP) is 0.0737. The van der Waals surface area contributed by atoms with Gasteiger partial charge in [0.05, 0.1) is 5.56 Å². The summed E-state index contributed by atoms with van der Waals surface area (Å²) >= 11 is 4.58. The van der Waals surface area contributed by atoms with Gasteiger partial charge in [-0.15, -0.1) is 0 Å². The van der Waals surface area contributed by atoms with Crippen LogP contribution in [0, 0.1) is 0 Å². The molecule has 1 amide bonds. The largest absolute Gasteiger partial charge is 0.416 e. The molecule has 0 unspecified atom stereocenters. The molecule has 1 aromatic rings. The first-order chi connectivity index (χ1) is 9.11. The zero-order valence-corrected chi connectivity index (χ0v) is 11.1. The van der Waals surface area contributed by atoms with Gasteiger partial charge in [0.15, 0.2) is 5.11 Å². The molecule has 1 aromatic heterocycles. The summed E-state index contributed by atoms with van der Waals surface area (Å²) in [6, 6.07) is 1.14. The quantitative estimate of drug-likeness (QED) is 0.597. The van der Waals surface area contributed by atoms with E-state index in [1.165, 1.54) is 7.05 Å². The van der Waals surface area contributed by atoms with Crippen molar-refractivity contribution in [2.45, 2.75) is 12.7 Å². The summed E-state index contributed by atoms with van der Waals surface area (Å²) in [5.74, 6) is -0.651. The van der Waals surface area contributed by atoms with Crippen molar-refractivity contribution >= 4 is 23.2 Å². The zero-order valence-electron chi connectivity index (χ0n) is 10.3. The summed E-state index contributed by atoms with van der Waals surface area (Å²) in [5.41, 5.74) is 5.46. The van der Waals surface area contributed by atoms with Crippen molar-refractivity contribution in [3.8, 4) is 0 Å². The number of aromatic nitrogens is 1. The SMILES string of the molecule is CN(NC(=O)Cn1ccc(C(F)(F)F)cc1=O)C(N)=S. The highest BCUT2D eigenvalue weighted by Crippen LogP contribution is 2.27. The van der Waals surface area contributed by atoms with E-state index in [2.05, 4.69) is 17.6 Å². The van der Waals surface area contributed by atoms with Gasteiger partial charge in [-0.25, -0.2) is 0 Å². The number of hydrazine groups is 1. The van der Waals surface area contributed by atoms with Crippen molar-refractivity contribution in [2.75, 3.05) is 7.05 Å². The minimum atomic E-state index is -4.60. The average molecular weight is 308 g/mol. The van der Waals surface area contributed by atoms with Crippen LogP contribution in [0.25, 0.3) is 0 Å². The topological polar surface area (TPSA) is 80.4 Å². The van der Waals surface area contributed by atoms with Crippen LogP contribution in [0.2, 0.25) is 0 Å². The molecule has 0 aromatic carbocycles. The number of carbonyl (C=O) groups is 1. The van der Waals surface area contributed by atoms with Gasteiger partial charge in [-0.2, -0.15) is 13.2 Å². The number of amides is 1. The Kier molecular flexibility index (Phi) is 4.71. The van der Waals surface area contributed by atoms with Gasteiger partial charge in [0, 0.05) is 19.3 Å². The monoisotopic (exact) mass is 308 g/mol. The second-order valence-electron chi connectivity index (χ2n) is 3.81. The van der Waals surface area contributed by atoms with Gasteiger partial charge in [0.25, 0.3) is 11.5 Å². The maximum Gasteiger partial charge on any atom is 0.416 e. The minimum absolute atomic E-state index is 0.0990. The first kappa shape index (κ1) is 16.0. The molecule has 0 aliphatic heterocycles. The van der Waals surface area contributed by atoms with Crippen molar-refractivity contribution in [1.82, 2.24) is 15.0 Å². The van der Waals surface area contributed by atoms with Crippen LogP contribution in [-0.2, 0) is 17.5 Å². The van der Waals surface area contributed by atoms with E-state index in [1.54, 1.807) is 0 Å². The molecule has 20 heavy (non-hydrogen) atoms. The molecule has 0 aliphatic carbocycles. The molecule has 1 heterocycles. The molecule has 0 aliphatic rings. The molecule has 0 saturated carbocycles. The molecular formula is C10H11F3N4O2S. The van der Waals surface area contributed by atoms with Crippen molar-refractivity contribution in [3.05, 3.63) is 34.2 Å². The Balaban J connectivity index is 2.82. The lowest BCUT2D eigenvalue weighted by Crippen LogP contribution is -2.47. The Bertz CT molecular complexity index is 585. The Hall–Kier alpha value is -2.10. The lowest BCUT2D eigenvalue weighted by molar-refractivity contribution is -0.137. The van der Waals surface area contributed by atoms with Crippen LogP contribution >= 0.6 is 12.2 Å². The number of carbonyl (C=O) groups excluding carboxylic acids is 1. The van der Waals surface area contributed by atoms with E-state index in [0.29, 0.717) is 12.1 Å². The number of thiocarbonyl (C=S) groups is 1. The first-order valence-electron chi connectivity index (χ1n) is 5.21. The van der Waals surface area contributed by atoms with Gasteiger partial charge in [-0.1, -0.05) is 0 Å². The standard InChI is InChI=1S/C10H11F3N4O2S/c1-16(9(14)20)15-7(18)5-17-3-2-6(4-8(17)19)10(11,12)13/h2-4H,5H2,1H3,(H2,14,20)(H,15,18). The van der Waals surface area contributed by atoms with Gasteiger partial charge >= 0.3 is 6.18 Å². The Morgan fingerprint density at radius 1 is 1.55 bits per heavy atom. The molecule has 0 fully saturated rings. The van der Waals surface area contributed by atoms with E-state index in [1.807, 2.05) is 0 Å². The number of halogens is 3. The smallest absolute Gasteiger partial charge is 0.375 e. The summed E-state index contributed by atoms with van der Waals surface area (Å²) < 4.78 is 37.9. The third-order valence-electron chi connectivity index (χ3n) is 2.26. The molecule has 0 saturated heterocycles. The number of hydrogen-bond donors (Lipinski definition) is 2. The van der Waals surface area contributed by atoms with Gasteiger partial charge in [-0.05, 0) is 18.3 Å². The highest BCUT2D eigenvalue weighted by atomic mass is 32.1. The third kappa shape index (κ3) is 4.23. The Morgan fingerprint density at radius 3 is 2.60 bits per heavy atom. The molecule has 0 spiro atoms. The summed E-state index contributed by atoms with van der Waals surface area (Å²) in [7, 11) is 1.38. The Labute approximate surface area is 116 Å². The van der Waals surface area contributed by atoms with Crippen LogP contribution in [0.5, 0.6) is 0 Å². The number of pyridine rings is 1. The van der Waals surface area contributed by atoms with E-state index in [-0.39, 0.29) is 5.11 Å². The van der Waals surface area contributed by atoms with Gasteiger partial charge in [-0.3, -0.25) is 20.0 Å². The molecule has 1 rings (SSSR count). The molecule has 0 bridgehead atoms. The molecule has 10 heteroatoms. The summed E-state index contributed by atoms with van der Waals surface area (Å²) in [6.07, 6.45) is -3.71. The number of hydrogen-bond acceptors (Lipinski definition) is 3. The van der Waals surface area contributed by atoms with E-state index in [0.717, 1.165) is 15.8 Å². The second kappa shape index (κ2) is 5.90. The molecule has 110 valence electrons. The predicted molar refractivity (Wildman–Crippen MR) is 68.4 cm³/mol. The Morgan fingerprint density at radius 2 is 2.15 bits per heavy atom. The van der Waals surface area contributed by atoms with Crippen molar-refractivity contribution in [2.24, 2.45) is 5.73 Å². The van der Waals surface area contributed by atoms with Crippen molar-refractivity contribution in [1.29, 1.82) is 0 Å². The van der Waals surface area contributed by atoms with Crippen LogP contribution in [0.15, 0.2) is 23.1 Å². The van der Waals surface area contributed by atoms with Gasteiger partial charge < -0.3 is 10.3 Å². The fourth-order valence-electron chi connectivity index (χ4n) is 1.25. The van der Waals surface area contributed by atoms with Crippen molar-refractivity contribution < 1.29 is 18.0 Å². The minimum Gasteiger partial charge on any atom is -0.375 e. The van der Waals surface area contributed by atoms with Crippen LogP contribution in [0.4, 0.5) is 13.2 Å². The number of alkyl halides is 3. The fraction of sp³-hybridized carbons (Fsp3) is 0.300. The van der Waals surface area contributed by atoms with E-state index in [9.17, 15) is 22.8 Å². The fourth-order valence-corrected chi connectivity index (χ4v) is 1.29. The molecular weight excluding hydrogens is 297 g/mol. The normalized spacial score (nSPS) is 11.0. The van der Waals surface area contributed by atoms with Crippen LogP contribution in [0.3, 0.4) is 0 Å². The number of rotatable bonds is 2.